The molecule has 0 saturated carbocycles. The molecular weight excluding hydrogens is 469 g/mol. The van der Waals surface area contributed by atoms with E-state index in [1.54, 1.807) is 6.92 Å². The highest BCUT2D eigenvalue weighted by atomic mass is 19.1. The lowest BCUT2D eigenvalue weighted by molar-refractivity contribution is 0.313. The van der Waals surface area contributed by atoms with Crippen molar-refractivity contribution < 1.29 is 4.39 Å². The van der Waals surface area contributed by atoms with Gasteiger partial charge in [0.05, 0.1) is 12.9 Å². The first kappa shape index (κ1) is 26.7. The Balaban J connectivity index is 0.000000747. The van der Waals surface area contributed by atoms with Crippen LogP contribution in [0.25, 0.3) is 11.2 Å². The predicted molar refractivity (Wildman–Crippen MR) is 150 cm³/mol. The molecule has 2 saturated heterocycles. The Kier molecular flexibility index (Phi) is 7.87. The molecule has 0 radical (unpaired) electrons. The van der Waals surface area contributed by atoms with Gasteiger partial charge in [0.1, 0.15) is 6.17 Å². The Labute approximate surface area is 219 Å². The summed E-state index contributed by atoms with van der Waals surface area (Å²) in [4.78, 5) is 20.9. The molecule has 5 rings (SSSR count). The van der Waals surface area contributed by atoms with E-state index in [0.29, 0.717) is 42.5 Å². The lowest BCUT2D eigenvalue weighted by Gasteiger charge is -2.34. The van der Waals surface area contributed by atoms with E-state index in [0.717, 1.165) is 37.5 Å². The molecule has 2 aliphatic rings. The zero-order valence-corrected chi connectivity index (χ0v) is 22.7. The molecule has 4 heterocycles. The lowest BCUT2D eigenvalue weighted by atomic mass is 10.1. The molecule has 37 heavy (non-hydrogen) atoms. The number of nitrogens with zero attached hydrogens (tertiary/aromatic N) is 7. The van der Waals surface area contributed by atoms with Crippen LogP contribution in [0.4, 0.5) is 27.5 Å². The highest BCUT2D eigenvalue weighted by Gasteiger charge is 2.27. The van der Waals surface area contributed by atoms with E-state index < -0.39 is 6.17 Å². The van der Waals surface area contributed by atoms with Crippen LogP contribution in [0.2, 0.25) is 0 Å². The fourth-order valence-electron chi connectivity index (χ4n) is 4.46. The van der Waals surface area contributed by atoms with Crippen LogP contribution in [0, 0.1) is 0 Å². The van der Waals surface area contributed by atoms with Crippen LogP contribution in [0.5, 0.6) is 0 Å². The molecule has 3 N–H and O–H groups in total. The Morgan fingerprint density at radius 2 is 1.70 bits per heavy atom. The second-order valence-corrected chi connectivity index (χ2v) is 11.0. The lowest BCUT2D eigenvalue weighted by Crippen LogP contribution is -2.44. The van der Waals surface area contributed by atoms with Crippen LogP contribution >= 0.6 is 0 Å². The highest BCUT2D eigenvalue weighted by Crippen LogP contribution is 2.30. The van der Waals surface area contributed by atoms with Crippen molar-refractivity contribution in [3.05, 3.63) is 42.9 Å². The first-order valence-electron chi connectivity index (χ1n) is 12.9. The first-order chi connectivity index (χ1) is 17.5. The van der Waals surface area contributed by atoms with E-state index in [4.69, 9.17) is 15.7 Å². The van der Waals surface area contributed by atoms with Gasteiger partial charge in [-0.1, -0.05) is 6.58 Å². The van der Waals surface area contributed by atoms with Gasteiger partial charge < -0.3 is 30.3 Å². The number of benzene rings is 1. The molecule has 9 nitrogen and oxygen atoms in total. The van der Waals surface area contributed by atoms with E-state index in [9.17, 15) is 4.39 Å². The third kappa shape index (κ3) is 6.49. The zero-order valence-electron chi connectivity index (χ0n) is 22.7. The maximum absolute atomic E-state index is 13.9. The van der Waals surface area contributed by atoms with Gasteiger partial charge in [0.25, 0.3) is 0 Å². The summed E-state index contributed by atoms with van der Waals surface area (Å²) in [5, 5.41) is 3.45. The molecule has 200 valence electrons. The first-order valence-corrected chi connectivity index (χ1v) is 12.9. The number of piperazine rings is 1. The molecule has 2 fully saturated rings. The summed E-state index contributed by atoms with van der Waals surface area (Å²) in [5.74, 6) is 1.19. The van der Waals surface area contributed by atoms with Gasteiger partial charge in [-0.3, -0.25) is 0 Å². The molecule has 0 spiro atoms. The number of nitrogens with one attached hydrogen (secondary N) is 1. The van der Waals surface area contributed by atoms with E-state index in [-0.39, 0.29) is 5.54 Å². The van der Waals surface area contributed by atoms with Gasteiger partial charge in [-0.25, -0.2) is 9.37 Å². The average Bonchev–Trinajstić information content (AvgIpc) is 3.46. The van der Waals surface area contributed by atoms with Crippen molar-refractivity contribution in [3.63, 3.8) is 0 Å². The van der Waals surface area contributed by atoms with Gasteiger partial charge in [0.2, 0.25) is 5.95 Å². The number of imidazole rings is 1. The Bertz CT molecular complexity index is 1200. The van der Waals surface area contributed by atoms with Crippen LogP contribution in [-0.4, -0.2) is 76.9 Å². The predicted octanol–water partition coefficient (Wildman–Crippen LogP) is 4.10. The van der Waals surface area contributed by atoms with Crippen LogP contribution < -0.4 is 20.9 Å². The minimum absolute atomic E-state index is 0.185. The summed E-state index contributed by atoms with van der Waals surface area (Å²) in [5.41, 5.74) is 9.04. The maximum Gasteiger partial charge on any atom is 0.229 e. The smallest absolute Gasteiger partial charge is 0.229 e. The van der Waals surface area contributed by atoms with E-state index in [1.165, 1.54) is 5.69 Å². The second-order valence-electron chi connectivity index (χ2n) is 11.0. The second kappa shape index (κ2) is 10.9. The fraction of sp³-hybridized carbons (Fsp3) is 0.519. The molecule has 3 aromatic rings. The average molecular weight is 510 g/mol. The zero-order chi connectivity index (χ0) is 26.7. The van der Waals surface area contributed by atoms with Crippen molar-refractivity contribution in [1.82, 2.24) is 24.4 Å². The monoisotopic (exact) mass is 509 g/mol. The van der Waals surface area contributed by atoms with Gasteiger partial charge in [-0.05, 0) is 71.1 Å². The van der Waals surface area contributed by atoms with Crippen molar-refractivity contribution in [2.75, 3.05) is 61.4 Å². The number of aromatic nitrogens is 4. The van der Waals surface area contributed by atoms with Crippen molar-refractivity contribution in [1.29, 1.82) is 0 Å². The number of allylic oxidation sites excluding steroid dienone is 1. The number of hydrogen-bond acceptors (Lipinski definition) is 8. The molecule has 0 amide bonds. The SMILES string of the molecule is C=C(C)N.CN1CCN(c2ccc(Nc3nc(N4CCC(F)C4)nc4c3ncn4C(C)(C)C)cc2)CC1. The van der Waals surface area contributed by atoms with Gasteiger partial charge in [-0.15, -0.1) is 0 Å². The highest BCUT2D eigenvalue weighted by molar-refractivity contribution is 5.87. The van der Waals surface area contributed by atoms with Crippen molar-refractivity contribution in [3.8, 4) is 0 Å². The standard InChI is InChI=1S/C24H33FN8.C3H7N/c1-24(2,3)33-16-26-20-21(28-23(29-22(20)33)32-10-9-17(25)15-32)27-18-5-7-19(8-6-18)31-13-11-30(4)12-14-31;1-3(2)4/h5-8,16-17H,9-15H2,1-4H3,(H,27,28,29);1,4H2,2H3. The number of hydrogen-bond donors (Lipinski definition) is 2. The van der Waals surface area contributed by atoms with E-state index in [2.05, 4.69) is 83.3 Å². The Morgan fingerprint density at radius 3 is 2.27 bits per heavy atom. The van der Waals surface area contributed by atoms with E-state index in [1.807, 2.05) is 11.2 Å². The number of fused-ring (bicyclic) bond motifs is 1. The molecule has 0 aliphatic carbocycles. The number of likely N-dealkylation sites (N-methyl/N-ethyl adjacent to an activating group) is 1. The van der Waals surface area contributed by atoms with Gasteiger partial charge in [0, 0.05) is 49.6 Å². The van der Waals surface area contributed by atoms with Gasteiger partial charge >= 0.3 is 0 Å². The number of rotatable bonds is 4. The minimum atomic E-state index is -0.838. The van der Waals surface area contributed by atoms with Crippen LogP contribution in [-0.2, 0) is 5.54 Å². The molecule has 10 heteroatoms. The van der Waals surface area contributed by atoms with Crippen molar-refractivity contribution in [2.45, 2.75) is 45.8 Å². The summed E-state index contributed by atoms with van der Waals surface area (Å²) in [6.07, 6.45) is 1.48. The Morgan fingerprint density at radius 1 is 1.05 bits per heavy atom. The number of alkyl halides is 1. The minimum Gasteiger partial charge on any atom is -0.403 e. The summed E-state index contributed by atoms with van der Waals surface area (Å²) in [6.45, 7) is 16.6. The van der Waals surface area contributed by atoms with Crippen molar-refractivity contribution in [2.24, 2.45) is 5.73 Å². The maximum atomic E-state index is 13.9. The molecule has 1 aromatic carbocycles. The van der Waals surface area contributed by atoms with Gasteiger partial charge in [-0.2, -0.15) is 9.97 Å². The number of anilines is 4. The van der Waals surface area contributed by atoms with Crippen LogP contribution in [0.15, 0.2) is 42.9 Å². The third-order valence-corrected chi connectivity index (χ3v) is 6.52. The number of halogens is 1. The molecule has 1 unspecified atom stereocenters. The summed E-state index contributed by atoms with van der Waals surface area (Å²) in [6, 6.07) is 8.45. The third-order valence-electron chi connectivity index (χ3n) is 6.52. The molecular formula is C27H40FN9. The normalized spacial score (nSPS) is 18.6. The molecule has 0 bridgehead atoms. The quantitative estimate of drug-likeness (QED) is 0.543. The fourth-order valence-corrected chi connectivity index (χ4v) is 4.46. The summed E-state index contributed by atoms with van der Waals surface area (Å²) in [7, 11) is 2.16. The summed E-state index contributed by atoms with van der Waals surface area (Å²) < 4.78 is 16.0. The molecule has 2 aliphatic heterocycles. The van der Waals surface area contributed by atoms with Crippen molar-refractivity contribution >= 4 is 34.3 Å². The van der Waals surface area contributed by atoms with Gasteiger partial charge in [0.15, 0.2) is 17.0 Å². The largest absolute Gasteiger partial charge is 0.403 e. The van der Waals surface area contributed by atoms with Crippen LogP contribution in [0.1, 0.15) is 34.1 Å². The molecule has 2 aromatic heterocycles. The summed E-state index contributed by atoms with van der Waals surface area (Å²) >= 11 is 0. The topological polar surface area (TPSA) is 91.4 Å². The van der Waals surface area contributed by atoms with Crippen LogP contribution in [0.3, 0.4) is 0 Å². The number of nitrogens with two attached hydrogens (primary N) is 1. The molecule has 1 atom stereocenters. The Hall–Kier alpha value is -3.40. The van der Waals surface area contributed by atoms with E-state index >= 15 is 0 Å².